The van der Waals surface area contributed by atoms with Crippen molar-refractivity contribution in [1.82, 2.24) is 4.98 Å². The van der Waals surface area contributed by atoms with Crippen molar-refractivity contribution in [2.75, 3.05) is 20.3 Å². The molecular formula is C16H21N2O+. The third-order valence-corrected chi connectivity index (χ3v) is 3.12. The van der Waals surface area contributed by atoms with E-state index in [1.54, 1.807) is 7.11 Å². The Morgan fingerprint density at radius 2 is 1.89 bits per heavy atom. The van der Waals surface area contributed by atoms with Gasteiger partial charge in [-0.15, -0.1) is 0 Å². The number of benzene rings is 1. The summed E-state index contributed by atoms with van der Waals surface area (Å²) in [6.07, 6.45) is 2.90. The predicted octanol–water partition coefficient (Wildman–Crippen LogP) is 1.77. The molecule has 0 saturated carbocycles. The van der Waals surface area contributed by atoms with E-state index in [0.29, 0.717) is 0 Å². The maximum atomic E-state index is 5.10. The lowest BCUT2D eigenvalue weighted by molar-refractivity contribution is -0.688. The minimum Gasteiger partial charge on any atom is -0.384 e. The molecule has 2 N–H and O–H groups in total. The molecule has 0 spiro atoms. The van der Waals surface area contributed by atoms with E-state index in [1.165, 1.54) is 5.56 Å². The lowest BCUT2D eigenvalue weighted by atomic mass is 10.0. The normalized spacial score (nSPS) is 12.3. The number of nitrogens with two attached hydrogens (primary N) is 1. The first kappa shape index (κ1) is 13.7. The van der Waals surface area contributed by atoms with Crippen molar-refractivity contribution in [3.05, 3.63) is 66.0 Å². The first-order chi connectivity index (χ1) is 9.42. The van der Waals surface area contributed by atoms with Crippen LogP contribution in [0.2, 0.25) is 0 Å². The fraction of sp³-hybridized carbons (Fsp3) is 0.312. The number of aromatic nitrogens is 1. The number of pyridine rings is 1. The van der Waals surface area contributed by atoms with E-state index >= 15 is 0 Å². The highest BCUT2D eigenvalue weighted by Gasteiger charge is 2.17. The Hall–Kier alpha value is -1.71. The number of methoxy groups -OCH3 is 1. The Morgan fingerprint density at radius 3 is 2.58 bits per heavy atom. The molecule has 0 aliphatic rings. The number of quaternary nitrogens is 1. The Balaban J connectivity index is 2.10. The molecule has 0 radical (unpaired) electrons. The summed E-state index contributed by atoms with van der Waals surface area (Å²) < 4.78 is 5.10. The molecule has 0 aliphatic carbocycles. The third kappa shape index (κ3) is 4.16. The van der Waals surface area contributed by atoms with Gasteiger partial charge in [0.05, 0.1) is 13.2 Å². The molecule has 2 aromatic rings. The zero-order valence-electron chi connectivity index (χ0n) is 11.3. The molecule has 100 valence electrons. The van der Waals surface area contributed by atoms with Gasteiger partial charge in [0.25, 0.3) is 0 Å². The molecule has 0 aliphatic heterocycles. The second-order valence-electron chi connectivity index (χ2n) is 4.51. The maximum absolute atomic E-state index is 5.10. The van der Waals surface area contributed by atoms with Gasteiger partial charge in [-0.2, -0.15) is 0 Å². The van der Waals surface area contributed by atoms with Crippen LogP contribution in [-0.2, 0) is 4.74 Å². The molecule has 1 aromatic heterocycles. The van der Waals surface area contributed by atoms with Gasteiger partial charge in [0, 0.05) is 25.3 Å². The van der Waals surface area contributed by atoms with Crippen molar-refractivity contribution >= 4 is 0 Å². The smallest absolute Gasteiger partial charge is 0.154 e. The second kappa shape index (κ2) is 7.67. The summed E-state index contributed by atoms with van der Waals surface area (Å²) in [5.74, 6) is 0. The predicted molar refractivity (Wildman–Crippen MR) is 75.8 cm³/mol. The zero-order chi connectivity index (χ0) is 13.3. The van der Waals surface area contributed by atoms with Crippen molar-refractivity contribution in [2.45, 2.75) is 12.5 Å². The van der Waals surface area contributed by atoms with Gasteiger partial charge < -0.3 is 10.1 Å². The molecule has 2 rings (SSSR count). The van der Waals surface area contributed by atoms with E-state index in [0.717, 1.165) is 25.3 Å². The van der Waals surface area contributed by atoms with Gasteiger partial charge in [-0.1, -0.05) is 36.4 Å². The molecule has 0 bridgehead atoms. The van der Waals surface area contributed by atoms with E-state index < -0.39 is 0 Å². The molecule has 0 unspecified atom stereocenters. The SMILES string of the molecule is COCCC[NH2+][C@@H](c1ccccc1)c1ccccn1. The average Bonchev–Trinajstić information content (AvgIpc) is 2.49. The third-order valence-electron chi connectivity index (χ3n) is 3.12. The molecule has 19 heavy (non-hydrogen) atoms. The Kier molecular flexibility index (Phi) is 5.53. The molecule has 3 nitrogen and oxygen atoms in total. The summed E-state index contributed by atoms with van der Waals surface area (Å²) in [5, 5.41) is 2.33. The number of hydrogen-bond acceptors (Lipinski definition) is 2. The quantitative estimate of drug-likeness (QED) is 0.768. The van der Waals surface area contributed by atoms with Crippen LogP contribution in [0.15, 0.2) is 54.7 Å². The number of nitrogens with zero attached hydrogens (tertiary/aromatic N) is 1. The minimum atomic E-state index is 0.263. The van der Waals surface area contributed by atoms with Crippen molar-refractivity contribution in [3.63, 3.8) is 0 Å². The Bertz CT molecular complexity index is 419. The minimum absolute atomic E-state index is 0.263. The van der Waals surface area contributed by atoms with E-state index in [-0.39, 0.29) is 6.04 Å². The van der Waals surface area contributed by atoms with Crippen LogP contribution in [0, 0.1) is 0 Å². The van der Waals surface area contributed by atoms with Crippen LogP contribution in [0.25, 0.3) is 0 Å². The lowest BCUT2D eigenvalue weighted by Gasteiger charge is -2.15. The fourth-order valence-corrected chi connectivity index (χ4v) is 2.16. The van der Waals surface area contributed by atoms with Crippen LogP contribution in [0.5, 0.6) is 0 Å². The largest absolute Gasteiger partial charge is 0.384 e. The van der Waals surface area contributed by atoms with E-state index in [2.05, 4.69) is 40.6 Å². The highest BCUT2D eigenvalue weighted by Crippen LogP contribution is 2.15. The maximum Gasteiger partial charge on any atom is 0.154 e. The summed E-state index contributed by atoms with van der Waals surface area (Å²) in [6.45, 7) is 1.84. The molecular weight excluding hydrogens is 236 g/mol. The van der Waals surface area contributed by atoms with E-state index in [4.69, 9.17) is 4.74 Å². The van der Waals surface area contributed by atoms with Gasteiger partial charge in [0.1, 0.15) is 5.69 Å². The van der Waals surface area contributed by atoms with Crippen LogP contribution in [0.4, 0.5) is 0 Å². The molecule has 1 heterocycles. The summed E-state index contributed by atoms with van der Waals surface area (Å²) in [7, 11) is 1.74. The summed E-state index contributed by atoms with van der Waals surface area (Å²) >= 11 is 0. The Labute approximate surface area is 114 Å². The van der Waals surface area contributed by atoms with E-state index in [9.17, 15) is 0 Å². The molecule has 0 saturated heterocycles. The highest BCUT2D eigenvalue weighted by atomic mass is 16.5. The van der Waals surface area contributed by atoms with Gasteiger partial charge in [0.15, 0.2) is 6.04 Å². The zero-order valence-corrected chi connectivity index (χ0v) is 11.3. The molecule has 0 amide bonds. The molecule has 1 atom stereocenters. The summed E-state index contributed by atoms with van der Waals surface area (Å²) in [6, 6.07) is 16.9. The van der Waals surface area contributed by atoms with Crippen LogP contribution in [0.1, 0.15) is 23.7 Å². The van der Waals surface area contributed by atoms with Crippen LogP contribution >= 0.6 is 0 Å². The van der Waals surface area contributed by atoms with Crippen LogP contribution in [0.3, 0.4) is 0 Å². The van der Waals surface area contributed by atoms with Crippen molar-refractivity contribution in [3.8, 4) is 0 Å². The van der Waals surface area contributed by atoms with Crippen molar-refractivity contribution in [2.24, 2.45) is 0 Å². The van der Waals surface area contributed by atoms with E-state index in [1.807, 2.05) is 24.4 Å². The lowest BCUT2D eigenvalue weighted by Crippen LogP contribution is -2.85. The van der Waals surface area contributed by atoms with Gasteiger partial charge in [-0.3, -0.25) is 4.98 Å². The Morgan fingerprint density at radius 1 is 1.11 bits per heavy atom. The van der Waals surface area contributed by atoms with Crippen molar-refractivity contribution < 1.29 is 10.1 Å². The van der Waals surface area contributed by atoms with Gasteiger partial charge in [-0.25, -0.2) is 0 Å². The monoisotopic (exact) mass is 257 g/mol. The molecule has 3 heteroatoms. The van der Waals surface area contributed by atoms with Crippen molar-refractivity contribution in [1.29, 1.82) is 0 Å². The first-order valence-electron chi connectivity index (χ1n) is 6.70. The van der Waals surface area contributed by atoms with Gasteiger partial charge in [0.2, 0.25) is 0 Å². The average molecular weight is 257 g/mol. The standard InChI is InChI=1S/C16H20N2O/c1-19-13-7-12-18-16(14-8-3-2-4-9-14)15-10-5-6-11-17-15/h2-6,8-11,16,18H,7,12-13H2,1H3/p+1/t16-/m0/s1. The summed E-state index contributed by atoms with van der Waals surface area (Å²) in [5.41, 5.74) is 2.39. The number of rotatable bonds is 7. The summed E-state index contributed by atoms with van der Waals surface area (Å²) in [4.78, 5) is 4.49. The van der Waals surface area contributed by atoms with Gasteiger partial charge >= 0.3 is 0 Å². The fourth-order valence-electron chi connectivity index (χ4n) is 2.16. The second-order valence-corrected chi connectivity index (χ2v) is 4.51. The molecule has 0 fully saturated rings. The molecule has 1 aromatic carbocycles. The van der Waals surface area contributed by atoms with Gasteiger partial charge in [-0.05, 0) is 12.1 Å². The highest BCUT2D eigenvalue weighted by molar-refractivity contribution is 5.24. The first-order valence-corrected chi connectivity index (χ1v) is 6.70. The topological polar surface area (TPSA) is 38.7 Å². The number of hydrogen-bond donors (Lipinski definition) is 1. The number of ether oxygens (including phenoxy) is 1. The van der Waals surface area contributed by atoms with Crippen LogP contribution in [-0.4, -0.2) is 25.2 Å². The van der Waals surface area contributed by atoms with Crippen LogP contribution < -0.4 is 5.32 Å².